The van der Waals surface area contributed by atoms with Gasteiger partial charge >= 0.3 is 0 Å². The lowest BCUT2D eigenvalue weighted by atomic mass is 10.1. The summed E-state index contributed by atoms with van der Waals surface area (Å²) in [5.41, 5.74) is 2.76. The number of anilines is 2. The first-order valence-corrected chi connectivity index (χ1v) is 13.2. The van der Waals surface area contributed by atoms with Gasteiger partial charge in [-0.2, -0.15) is 0 Å². The zero-order chi connectivity index (χ0) is 24.5. The van der Waals surface area contributed by atoms with Gasteiger partial charge in [0.25, 0.3) is 15.9 Å². The molecule has 1 aromatic heterocycles. The van der Waals surface area contributed by atoms with Gasteiger partial charge in [0.15, 0.2) is 5.11 Å². The number of sulfonamides is 1. The number of carbonyl (C=O) groups excluding carboxylic acids is 1. The Balaban J connectivity index is 1.43. The summed E-state index contributed by atoms with van der Waals surface area (Å²) in [5.74, 6) is -0.416. The first kappa shape index (κ1) is 24.2. The van der Waals surface area contributed by atoms with Gasteiger partial charge in [-0.25, -0.2) is 8.42 Å². The summed E-state index contributed by atoms with van der Waals surface area (Å²) < 4.78 is 29.2. The summed E-state index contributed by atoms with van der Waals surface area (Å²) in [7, 11) is -3.77. The first-order chi connectivity index (χ1) is 16.2. The van der Waals surface area contributed by atoms with Crippen molar-refractivity contribution in [3.63, 3.8) is 0 Å². The molecule has 0 atom stereocenters. The van der Waals surface area contributed by atoms with E-state index in [2.05, 4.69) is 15.4 Å². The van der Waals surface area contributed by atoms with Crippen molar-refractivity contribution in [1.29, 1.82) is 0 Å². The van der Waals surface area contributed by atoms with E-state index >= 15 is 0 Å². The normalized spacial score (nSPS) is 11.3. The second-order valence-electron chi connectivity index (χ2n) is 7.55. The Morgan fingerprint density at radius 1 is 0.941 bits per heavy atom. The molecule has 0 spiro atoms. The molecular weight excluding hydrogens is 510 g/mol. The molecule has 0 saturated carbocycles. The van der Waals surface area contributed by atoms with Gasteiger partial charge in [0.2, 0.25) is 0 Å². The van der Waals surface area contributed by atoms with Gasteiger partial charge in [0.1, 0.15) is 4.88 Å². The summed E-state index contributed by atoms with van der Waals surface area (Å²) in [6.07, 6.45) is 0. The topological polar surface area (TPSA) is 87.3 Å². The lowest BCUT2D eigenvalue weighted by molar-refractivity contribution is 0.0982. The number of nitrogens with one attached hydrogen (secondary N) is 3. The molecule has 3 N–H and O–H groups in total. The molecule has 4 rings (SSSR count). The SMILES string of the molecule is Cc1cccc(C)c1NS(=O)(=O)c1ccc(NC(=S)NC(=O)c2sc3ccccc3c2Cl)cc1. The number of hydrogen-bond acceptors (Lipinski definition) is 5. The monoisotopic (exact) mass is 529 g/mol. The van der Waals surface area contributed by atoms with Crippen molar-refractivity contribution in [2.24, 2.45) is 0 Å². The molecule has 6 nitrogen and oxygen atoms in total. The standard InChI is InChI=1S/C24H20ClN3O3S3/c1-14-6-5-7-15(2)21(14)28-34(30,31)17-12-10-16(11-13-17)26-24(32)27-23(29)22-20(25)18-8-3-4-9-19(18)33-22/h3-13,28H,1-2H3,(H2,26,27,29,32). The molecule has 3 aromatic carbocycles. The number of thiocarbonyl (C=S) groups is 1. The summed E-state index contributed by atoms with van der Waals surface area (Å²) >= 11 is 12.9. The maximum atomic E-state index is 12.8. The Morgan fingerprint density at radius 2 is 1.59 bits per heavy atom. The minimum Gasteiger partial charge on any atom is -0.332 e. The van der Waals surface area contributed by atoms with Crippen LogP contribution in [0.4, 0.5) is 11.4 Å². The first-order valence-electron chi connectivity index (χ1n) is 10.1. The van der Waals surface area contributed by atoms with E-state index in [4.69, 9.17) is 23.8 Å². The summed E-state index contributed by atoms with van der Waals surface area (Å²) in [5, 5.41) is 6.76. The van der Waals surface area contributed by atoms with Gasteiger partial charge in [0, 0.05) is 15.8 Å². The third-order valence-corrected chi connectivity index (χ3v) is 8.35. The van der Waals surface area contributed by atoms with Gasteiger partial charge in [-0.15, -0.1) is 11.3 Å². The highest BCUT2D eigenvalue weighted by Crippen LogP contribution is 2.35. The van der Waals surface area contributed by atoms with Crippen LogP contribution in [-0.2, 0) is 10.0 Å². The molecule has 0 radical (unpaired) electrons. The maximum absolute atomic E-state index is 12.8. The van der Waals surface area contributed by atoms with E-state index in [9.17, 15) is 13.2 Å². The lowest BCUT2D eigenvalue weighted by Gasteiger charge is -2.14. The molecule has 1 amide bonds. The van der Waals surface area contributed by atoms with Crippen LogP contribution in [0.3, 0.4) is 0 Å². The molecule has 34 heavy (non-hydrogen) atoms. The third-order valence-electron chi connectivity index (χ3n) is 5.11. The Morgan fingerprint density at radius 3 is 2.24 bits per heavy atom. The highest BCUT2D eigenvalue weighted by Gasteiger charge is 2.19. The lowest BCUT2D eigenvalue weighted by Crippen LogP contribution is -2.33. The van der Waals surface area contributed by atoms with Crippen molar-refractivity contribution in [2.75, 3.05) is 10.0 Å². The zero-order valence-electron chi connectivity index (χ0n) is 18.2. The van der Waals surface area contributed by atoms with Gasteiger partial charge in [-0.1, -0.05) is 48.0 Å². The number of para-hydroxylation sites is 1. The minimum absolute atomic E-state index is 0.0720. The smallest absolute Gasteiger partial charge is 0.269 e. The Hall–Kier alpha value is -2.98. The highest BCUT2D eigenvalue weighted by molar-refractivity contribution is 7.92. The predicted molar refractivity (Wildman–Crippen MR) is 144 cm³/mol. The number of fused-ring (bicyclic) bond motifs is 1. The van der Waals surface area contributed by atoms with Crippen LogP contribution in [0.2, 0.25) is 5.02 Å². The molecule has 10 heteroatoms. The van der Waals surface area contributed by atoms with Crippen LogP contribution in [0.15, 0.2) is 71.6 Å². The quantitative estimate of drug-likeness (QED) is 0.272. The van der Waals surface area contributed by atoms with Crippen molar-refractivity contribution in [3.8, 4) is 0 Å². The van der Waals surface area contributed by atoms with Crippen molar-refractivity contribution in [1.82, 2.24) is 5.32 Å². The van der Waals surface area contributed by atoms with E-state index in [1.165, 1.54) is 23.5 Å². The highest BCUT2D eigenvalue weighted by atomic mass is 35.5. The fourth-order valence-electron chi connectivity index (χ4n) is 3.37. The average molecular weight is 530 g/mol. The number of amides is 1. The zero-order valence-corrected chi connectivity index (χ0v) is 21.4. The molecular formula is C24H20ClN3O3S3. The van der Waals surface area contributed by atoms with Crippen LogP contribution in [0.25, 0.3) is 10.1 Å². The fraction of sp³-hybridized carbons (Fsp3) is 0.0833. The Labute approximate surface area is 212 Å². The second-order valence-corrected chi connectivity index (χ2v) is 11.1. The number of halogens is 1. The third kappa shape index (κ3) is 5.07. The van der Waals surface area contributed by atoms with Gasteiger partial charge in [0.05, 0.1) is 15.6 Å². The summed E-state index contributed by atoms with van der Waals surface area (Å²) in [6, 6.07) is 19.1. The molecule has 0 aliphatic rings. The molecule has 4 aromatic rings. The van der Waals surface area contributed by atoms with Crippen LogP contribution in [0, 0.1) is 13.8 Å². The van der Waals surface area contributed by atoms with E-state index in [1.807, 2.05) is 56.3 Å². The number of aryl methyl sites for hydroxylation is 2. The van der Waals surface area contributed by atoms with E-state index in [-0.39, 0.29) is 10.0 Å². The number of hydrogen-bond donors (Lipinski definition) is 3. The second kappa shape index (κ2) is 9.71. The minimum atomic E-state index is -3.77. The Kier molecular flexibility index (Phi) is 6.90. The predicted octanol–water partition coefficient (Wildman–Crippen LogP) is 6.10. The van der Waals surface area contributed by atoms with Crippen LogP contribution >= 0.6 is 35.2 Å². The molecule has 0 unspecified atom stereocenters. The van der Waals surface area contributed by atoms with Crippen LogP contribution in [-0.4, -0.2) is 19.4 Å². The molecule has 0 aliphatic carbocycles. The molecule has 0 aliphatic heterocycles. The molecule has 1 heterocycles. The number of rotatable bonds is 5. The van der Waals surface area contributed by atoms with E-state index in [1.54, 1.807) is 12.1 Å². The van der Waals surface area contributed by atoms with Crippen molar-refractivity contribution in [3.05, 3.63) is 87.8 Å². The number of thiophene rings is 1. The Bertz CT molecular complexity index is 1490. The molecule has 174 valence electrons. The van der Waals surface area contributed by atoms with Gasteiger partial charge in [-0.05, 0) is 67.5 Å². The van der Waals surface area contributed by atoms with E-state index < -0.39 is 15.9 Å². The number of carbonyl (C=O) groups is 1. The number of benzene rings is 3. The maximum Gasteiger partial charge on any atom is 0.269 e. The average Bonchev–Trinajstić information content (AvgIpc) is 3.13. The van der Waals surface area contributed by atoms with Crippen LogP contribution in [0.5, 0.6) is 0 Å². The molecule has 0 bridgehead atoms. The van der Waals surface area contributed by atoms with Crippen molar-refractivity contribution >= 4 is 77.7 Å². The van der Waals surface area contributed by atoms with E-state index in [0.717, 1.165) is 21.2 Å². The van der Waals surface area contributed by atoms with Crippen molar-refractivity contribution in [2.45, 2.75) is 18.7 Å². The van der Waals surface area contributed by atoms with Crippen LogP contribution < -0.4 is 15.4 Å². The summed E-state index contributed by atoms with van der Waals surface area (Å²) in [4.78, 5) is 13.1. The van der Waals surface area contributed by atoms with E-state index in [0.29, 0.717) is 21.3 Å². The van der Waals surface area contributed by atoms with Gasteiger partial charge < -0.3 is 5.32 Å². The van der Waals surface area contributed by atoms with Crippen molar-refractivity contribution < 1.29 is 13.2 Å². The summed E-state index contributed by atoms with van der Waals surface area (Å²) in [6.45, 7) is 3.69. The largest absolute Gasteiger partial charge is 0.332 e. The van der Waals surface area contributed by atoms with Gasteiger partial charge in [-0.3, -0.25) is 14.8 Å². The fourth-order valence-corrected chi connectivity index (χ4v) is 6.19. The molecule has 0 saturated heterocycles. The molecule has 0 fully saturated rings. The van der Waals surface area contributed by atoms with Crippen LogP contribution in [0.1, 0.15) is 20.8 Å².